The Bertz CT molecular complexity index is 1150. The topological polar surface area (TPSA) is 79.2 Å². The van der Waals surface area contributed by atoms with Crippen molar-refractivity contribution in [1.82, 2.24) is 14.9 Å². The smallest absolute Gasteiger partial charge is 0.259 e. The molecule has 30 heavy (non-hydrogen) atoms. The quantitative estimate of drug-likeness (QED) is 0.575. The molecule has 1 N–H and O–H groups in total. The first kappa shape index (κ1) is 21.2. The molecule has 1 amide bonds. The van der Waals surface area contributed by atoms with Gasteiger partial charge in [0.2, 0.25) is 5.91 Å². The fourth-order valence-corrected chi connectivity index (χ4v) is 5.58. The zero-order valence-corrected chi connectivity index (χ0v) is 19.6. The Morgan fingerprint density at radius 1 is 1.43 bits per heavy atom. The van der Waals surface area contributed by atoms with E-state index in [1.54, 1.807) is 11.9 Å². The fourth-order valence-electron chi connectivity index (χ4n) is 3.66. The van der Waals surface area contributed by atoms with Gasteiger partial charge in [-0.1, -0.05) is 6.92 Å². The lowest BCUT2D eigenvalue weighted by Gasteiger charge is -2.20. The Hall–Kier alpha value is -2.06. The first-order chi connectivity index (χ1) is 14.2. The summed E-state index contributed by atoms with van der Waals surface area (Å²) in [6.45, 7) is 8.52. The van der Waals surface area contributed by atoms with E-state index in [-0.39, 0.29) is 16.7 Å². The van der Waals surface area contributed by atoms with Crippen LogP contribution < -0.4 is 5.56 Å². The summed E-state index contributed by atoms with van der Waals surface area (Å²) in [6, 6.07) is 4.00. The third-order valence-corrected chi connectivity index (χ3v) is 8.08. The highest BCUT2D eigenvalue weighted by Gasteiger charge is 2.36. The minimum Gasteiger partial charge on any atom is -0.464 e. The molecule has 0 aromatic carbocycles. The number of aryl methyl sites for hydroxylation is 2. The van der Waals surface area contributed by atoms with Crippen LogP contribution in [0.4, 0.5) is 0 Å². The van der Waals surface area contributed by atoms with Gasteiger partial charge in [-0.15, -0.1) is 23.1 Å². The summed E-state index contributed by atoms with van der Waals surface area (Å²) in [7, 11) is 1.80. The number of H-pyrrole nitrogens is 1. The summed E-state index contributed by atoms with van der Waals surface area (Å²) in [4.78, 5) is 36.2. The number of hydrogen-bond donors (Lipinski definition) is 1. The van der Waals surface area contributed by atoms with Gasteiger partial charge in [0.25, 0.3) is 5.56 Å². The van der Waals surface area contributed by atoms with Crippen LogP contribution >= 0.6 is 23.1 Å². The predicted molar refractivity (Wildman–Crippen MR) is 122 cm³/mol. The fraction of sp³-hybridized carbons (Fsp3) is 0.500. The molecule has 0 radical (unpaired) electrons. The lowest BCUT2D eigenvalue weighted by Crippen LogP contribution is -2.32. The average Bonchev–Trinajstić information content (AvgIpc) is 3.12. The van der Waals surface area contributed by atoms with Gasteiger partial charge in [-0.05, 0) is 50.8 Å². The largest absolute Gasteiger partial charge is 0.464 e. The number of thioether (sulfide) groups is 1. The van der Waals surface area contributed by atoms with Gasteiger partial charge >= 0.3 is 0 Å². The molecule has 1 fully saturated rings. The van der Waals surface area contributed by atoms with Crippen molar-refractivity contribution in [1.29, 1.82) is 0 Å². The summed E-state index contributed by atoms with van der Waals surface area (Å²) < 4.78 is 5.92. The van der Waals surface area contributed by atoms with E-state index in [1.165, 1.54) is 29.5 Å². The van der Waals surface area contributed by atoms with Gasteiger partial charge < -0.3 is 14.3 Å². The van der Waals surface area contributed by atoms with Crippen LogP contribution in [0.1, 0.15) is 54.0 Å². The number of furan rings is 1. The normalized spacial score (nSPS) is 19.2. The van der Waals surface area contributed by atoms with Crippen LogP contribution in [-0.4, -0.2) is 33.1 Å². The van der Waals surface area contributed by atoms with E-state index in [1.807, 2.05) is 32.9 Å². The first-order valence-corrected chi connectivity index (χ1v) is 12.0. The molecular weight excluding hydrogens is 418 g/mol. The molecule has 6 nitrogen and oxygen atoms in total. The molecule has 0 saturated heterocycles. The second-order valence-electron chi connectivity index (χ2n) is 8.25. The molecule has 1 aliphatic rings. The van der Waals surface area contributed by atoms with Crippen molar-refractivity contribution < 1.29 is 9.21 Å². The molecule has 4 rings (SSSR count). The van der Waals surface area contributed by atoms with Crippen LogP contribution in [0.3, 0.4) is 0 Å². The number of thiophene rings is 1. The number of aromatic amines is 1. The Balaban J connectivity index is 1.35. The zero-order chi connectivity index (χ0) is 21.6. The van der Waals surface area contributed by atoms with Gasteiger partial charge in [-0.25, -0.2) is 4.98 Å². The Morgan fingerprint density at radius 2 is 2.17 bits per heavy atom. The first-order valence-electron chi connectivity index (χ1n) is 10.2. The summed E-state index contributed by atoms with van der Waals surface area (Å²) >= 11 is 3.01. The third kappa shape index (κ3) is 4.21. The molecule has 1 aliphatic carbocycles. The number of aromatic nitrogens is 2. The number of hydrogen-bond acceptors (Lipinski definition) is 6. The van der Waals surface area contributed by atoms with Gasteiger partial charge in [0.1, 0.15) is 22.2 Å². The summed E-state index contributed by atoms with van der Waals surface area (Å²) in [5.74, 6) is 4.20. The maximum absolute atomic E-state index is 12.8. The van der Waals surface area contributed by atoms with E-state index >= 15 is 0 Å². The SMILES string of the molecule is Cc1sc2nc(CS[C@H](C)C(=O)N(C)Cc3ccc([C@@H]4C[C@H]4C)o3)[nH]c(=O)c2c1C. The summed E-state index contributed by atoms with van der Waals surface area (Å²) in [6.07, 6.45) is 1.18. The van der Waals surface area contributed by atoms with E-state index in [9.17, 15) is 9.59 Å². The highest BCUT2D eigenvalue weighted by atomic mass is 32.2. The molecule has 0 unspecified atom stereocenters. The molecular formula is C22H27N3O3S2. The van der Waals surface area contributed by atoms with Crippen molar-refractivity contribution in [2.45, 2.75) is 57.6 Å². The van der Waals surface area contributed by atoms with E-state index < -0.39 is 0 Å². The number of rotatable bonds is 7. The van der Waals surface area contributed by atoms with Gasteiger partial charge in [0.15, 0.2) is 0 Å². The van der Waals surface area contributed by atoms with Gasteiger partial charge in [0, 0.05) is 17.8 Å². The molecule has 0 spiro atoms. The van der Waals surface area contributed by atoms with E-state index in [2.05, 4.69) is 16.9 Å². The van der Waals surface area contributed by atoms with Crippen molar-refractivity contribution in [3.8, 4) is 0 Å². The monoisotopic (exact) mass is 445 g/mol. The molecule has 160 valence electrons. The Kier molecular flexibility index (Phi) is 5.81. The molecule has 0 aliphatic heterocycles. The molecule has 1 saturated carbocycles. The van der Waals surface area contributed by atoms with Gasteiger partial charge in [0.05, 0.1) is 22.9 Å². The average molecular weight is 446 g/mol. The maximum atomic E-state index is 12.8. The number of nitrogens with zero attached hydrogens (tertiary/aromatic N) is 2. The molecule has 3 heterocycles. The molecule has 8 heteroatoms. The highest BCUT2D eigenvalue weighted by molar-refractivity contribution is 7.99. The molecule has 3 aromatic heterocycles. The van der Waals surface area contributed by atoms with Crippen LogP contribution in [0, 0.1) is 19.8 Å². The van der Waals surface area contributed by atoms with Crippen LogP contribution in [0.5, 0.6) is 0 Å². The molecule has 0 bridgehead atoms. The Morgan fingerprint density at radius 3 is 2.87 bits per heavy atom. The van der Waals surface area contributed by atoms with Crippen LogP contribution in [0.15, 0.2) is 21.3 Å². The van der Waals surface area contributed by atoms with E-state index in [4.69, 9.17) is 4.42 Å². The predicted octanol–water partition coefficient (Wildman–Crippen LogP) is 4.60. The van der Waals surface area contributed by atoms with Crippen LogP contribution in [-0.2, 0) is 17.1 Å². The number of fused-ring (bicyclic) bond motifs is 1. The van der Waals surface area contributed by atoms with Crippen molar-refractivity contribution in [3.63, 3.8) is 0 Å². The van der Waals surface area contributed by atoms with Crippen LogP contribution in [0.2, 0.25) is 0 Å². The maximum Gasteiger partial charge on any atom is 0.259 e. The summed E-state index contributed by atoms with van der Waals surface area (Å²) in [5.41, 5.74) is 0.887. The number of amides is 1. The molecule has 3 aromatic rings. The highest BCUT2D eigenvalue weighted by Crippen LogP contribution is 2.47. The van der Waals surface area contributed by atoms with Gasteiger partial charge in [-0.2, -0.15) is 0 Å². The third-order valence-electron chi connectivity index (χ3n) is 5.83. The molecule has 3 atom stereocenters. The number of carbonyl (C=O) groups is 1. The standard InChI is InChI=1S/C22H27N3O3S2/c1-11-8-16(11)17-7-6-15(28-17)9-25(5)22(27)14(4)29-10-18-23-20(26)19-12(2)13(3)30-21(19)24-18/h6-7,11,14,16H,8-10H2,1-5H3,(H,23,24,26)/t11-,14-,16-/m1/s1. The minimum absolute atomic E-state index is 0.0315. The lowest BCUT2D eigenvalue weighted by molar-refractivity contribution is -0.129. The van der Waals surface area contributed by atoms with Crippen molar-refractivity contribution >= 4 is 39.2 Å². The van der Waals surface area contributed by atoms with Crippen LogP contribution in [0.25, 0.3) is 10.2 Å². The second kappa shape index (κ2) is 8.23. The number of nitrogens with one attached hydrogen (secondary N) is 1. The minimum atomic E-state index is -0.249. The van der Waals surface area contributed by atoms with Crippen molar-refractivity contribution in [3.05, 3.63) is 50.3 Å². The van der Waals surface area contributed by atoms with Crippen molar-refractivity contribution in [2.75, 3.05) is 7.05 Å². The zero-order valence-electron chi connectivity index (χ0n) is 17.9. The Labute approximate surface area is 184 Å². The summed E-state index contributed by atoms with van der Waals surface area (Å²) in [5, 5.41) is 0.425. The van der Waals surface area contributed by atoms with Crippen molar-refractivity contribution in [2.24, 2.45) is 5.92 Å². The van der Waals surface area contributed by atoms with Gasteiger partial charge in [-0.3, -0.25) is 9.59 Å². The van der Waals surface area contributed by atoms with E-state index in [0.717, 1.165) is 26.8 Å². The lowest BCUT2D eigenvalue weighted by atomic mass is 10.2. The second-order valence-corrected chi connectivity index (χ2v) is 10.8. The number of carbonyl (C=O) groups excluding carboxylic acids is 1. The van der Waals surface area contributed by atoms with E-state index in [0.29, 0.717) is 35.3 Å².